The van der Waals surface area contributed by atoms with E-state index in [1.807, 2.05) is 0 Å². The van der Waals surface area contributed by atoms with E-state index in [1.54, 1.807) is 36.4 Å². The van der Waals surface area contributed by atoms with E-state index >= 15 is 0 Å². The minimum Gasteiger partial charge on any atom is -0.335 e. The molecule has 0 atom stereocenters. The summed E-state index contributed by atoms with van der Waals surface area (Å²) >= 11 is 25.1. The predicted octanol–water partition coefficient (Wildman–Crippen LogP) is 5.00. The van der Waals surface area contributed by atoms with E-state index in [0.717, 1.165) is 11.8 Å². The van der Waals surface area contributed by atoms with Crippen molar-refractivity contribution in [1.82, 2.24) is 14.9 Å². The first-order valence-corrected chi connectivity index (χ1v) is 9.88. The number of nitrogen functional groups attached to an aromatic ring is 1. The highest BCUT2D eigenvalue weighted by molar-refractivity contribution is 7.99. The molecule has 1 amide bonds. The fraction of sp³-hybridized carbons (Fsp3) is 0.0625. The van der Waals surface area contributed by atoms with Crippen LogP contribution in [0.25, 0.3) is 11.4 Å². The number of hydrogen-bond donors (Lipinski definition) is 2. The standard InChI is InChI=1S/C16H11Cl4N5OS/c17-8-1-3-11(18)10(5-8)15-23-24-16(25(15)21)27-7-14(26)22-9-2-4-12(19)13(20)6-9/h1-6H,7,21H2,(H,22,26). The maximum absolute atomic E-state index is 12.1. The number of nitrogens with two attached hydrogens (primary N) is 1. The Kier molecular flexibility index (Phi) is 6.39. The van der Waals surface area contributed by atoms with E-state index in [0.29, 0.717) is 42.3 Å². The van der Waals surface area contributed by atoms with Crippen molar-refractivity contribution in [3.63, 3.8) is 0 Å². The third kappa shape index (κ3) is 4.80. The summed E-state index contributed by atoms with van der Waals surface area (Å²) in [6.07, 6.45) is 0. The number of amides is 1. The SMILES string of the molecule is Nn1c(SCC(=O)Nc2ccc(Cl)c(Cl)c2)nnc1-c1cc(Cl)ccc1Cl. The lowest BCUT2D eigenvalue weighted by Crippen LogP contribution is -2.16. The minimum absolute atomic E-state index is 0.0683. The molecule has 6 nitrogen and oxygen atoms in total. The maximum atomic E-state index is 12.1. The Morgan fingerprint density at radius 2 is 1.78 bits per heavy atom. The number of nitrogens with one attached hydrogen (secondary N) is 1. The average Bonchev–Trinajstić information content (AvgIpc) is 2.99. The Balaban J connectivity index is 1.68. The molecule has 0 saturated heterocycles. The molecule has 1 heterocycles. The molecule has 0 radical (unpaired) electrons. The molecule has 0 saturated carbocycles. The number of halogens is 4. The van der Waals surface area contributed by atoms with E-state index in [2.05, 4.69) is 15.5 Å². The first-order valence-electron chi connectivity index (χ1n) is 7.39. The summed E-state index contributed by atoms with van der Waals surface area (Å²) in [5.41, 5.74) is 1.09. The molecule has 0 aliphatic rings. The van der Waals surface area contributed by atoms with E-state index in [-0.39, 0.29) is 11.7 Å². The van der Waals surface area contributed by atoms with Crippen molar-refractivity contribution in [2.24, 2.45) is 0 Å². The molecule has 27 heavy (non-hydrogen) atoms. The molecule has 0 unspecified atom stereocenters. The van der Waals surface area contributed by atoms with Crippen molar-refractivity contribution in [1.29, 1.82) is 0 Å². The zero-order valence-corrected chi connectivity index (χ0v) is 17.3. The molecular formula is C16H11Cl4N5OS. The van der Waals surface area contributed by atoms with Crippen molar-refractivity contribution in [2.45, 2.75) is 5.16 Å². The molecule has 3 rings (SSSR count). The van der Waals surface area contributed by atoms with Crippen LogP contribution in [-0.4, -0.2) is 26.5 Å². The van der Waals surface area contributed by atoms with E-state index in [1.165, 1.54) is 4.68 Å². The number of rotatable bonds is 5. The van der Waals surface area contributed by atoms with Gasteiger partial charge >= 0.3 is 0 Å². The maximum Gasteiger partial charge on any atom is 0.234 e. The summed E-state index contributed by atoms with van der Waals surface area (Å²) in [5, 5.41) is 12.8. The summed E-state index contributed by atoms with van der Waals surface area (Å²) in [6.45, 7) is 0. The van der Waals surface area contributed by atoms with Gasteiger partial charge in [-0.25, -0.2) is 4.68 Å². The van der Waals surface area contributed by atoms with Gasteiger partial charge in [0.15, 0.2) is 5.82 Å². The molecule has 2 aromatic carbocycles. The van der Waals surface area contributed by atoms with Crippen LogP contribution in [0.3, 0.4) is 0 Å². The number of anilines is 1. The van der Waals surface area contributed by atoms with Gasteiger partial charge in [-0.1, -0.05) is 58.2 Å². The first kappa shape index (κ1) is 20.1. The van der Waals surface area contributed by atoms with Gasteiger partial charge in [0, 0.05) is 16.3 Å². The molecule has 0 fully saturated rings. The van der Waals surface area contributed by atoms with Crippen molar-refractivity contribution in [3.05, 3.63) is 56.5 Å². The highest BCUT2D eigenvalue weighted by atomic mass is 35.5. The van der Waals surface area contributed by atoms with Crippen LogP contribution in [0, 0.1) is 0 Å². The van der Waals surface area contributed by atoms with Gasteiger partial charge in [-0.3, -0.25) is 4.79 Å². The van der Waals surface area contributed by atoms with Crippen LogP contribution in [0.1, 0.15) is 0 Å². The highest BCUT2D eigenvalue weighted by Crippen LogP contribution is 2.30. The number of thioether (sulfide) groups is 1. The first-order chi connectivity index (χ1) is 12.8. The number of nitrogens with zero attached hydrogens (tertiary/aromatic N) is 3. The summed E-state index contributed by atoms with van der Waals surface area (Å²) in [7, 11) is 0. The average molecular weight is 463 g/mol. The van der Waals surface area contributed by atoms with Gasteiger partial charge in [-0.05, 0) is 36.4 Å². The molecule has 0 aliphatic carbocycles. The second kappa shape index (κ2) is 8.58. The second-order valence-corrected chi connectivity index (χ2v) is 7.87. The fourth-order valence-electron chi connectivity index (χ4n) is 2.13. The zero-order valence-electron chi connectivity index (χ0n) is 13.4. The van der Waals surface area contributed by atoms with Gasteiger partial charge in [-0.2, -0.15) is 0 Å². The lowest BCUT2D eigenvalue weighted by molar-refractivity contribution is -0.113. The molecule has 0 spiro atoms. The third-order valence-corrected chi connectivity index (χ3v) is 5.62. The minimum atomic E-state index is -0.260. The molecule has 3 N–H and O–H groups in total. The monoisotopic (exact) mass is 461 g/mol. The Morgan fingerprint density at radius 1 is 1.04 bits per heavy atom. The quantitative estimate of drug-likeness (QED) is 0.411. The Morgan fingerprint density at radius 3 is 2.52 bits per heavy atom. The Hall–Kier alpha value is -1.64. The third-order valence-electron chi connectivity index (χ3n) is 3.37. The van der Waals surface area contributed by atoms with Crippen LogP contribution < -0.4 is 11.2 Å². The van der Waals surface area contributed by atoms with Crippen LogP contribution in [0.15, 0.2) is 41.6 Å². The Bertz CT molecular complexity index is 1010. The summed E-state index contributed by atoms with van der Waals surface area (Å²) < 4.78 is 1.26. The molecule has 140 valence electrons. The summed E-state index contributed by atoms with van der Waals surface area (Å²) in [4.78, 5) is 12.1. The molecule has 0 bridgehead atoms. The molecule has 0 aliphatic heterocycles. The molecule has 1 aromatic heterocycles. The number of benzene rings is 2. The summed E-state index contributed by atoms with van der Waals surface area (Å²) in [6, 6.07) is 9.77. The van der Waals surface area contributed by atoms with E-state index in [4.69, 9.17) is 52.2 Å². The number of aromatic nitrogens is 3. The predicted molar refractivity (Wildman–Crippen MR) is 111 cm³/mol. The van der Waals surface area contributed by atoms with Gasteiger partial charge in [0.05, 0.1) is 20.8 Å². The van der Waals surface area contributed by atoms with Gasteiger partial charge in [-0.15, -0.1) is 10.2 Å². The van der Waals surface area contributed by atoms with Crippen molar-refractivity contribution in [3.8, 4) is 11.4 Å². The van der Waals surface area contributed by atoms with Crippen molar-refractivity contribution < 1.29 is 4.79 Å². The Labute approximate surface area is 178 Å². The normalized spacial score (nSPS) is 10.8. The molecule has 3 aromatic rings. The van der Waals surface area contributed by atoms with Crippen LogP contribution in [0.5, 0.6) is 0 Å². The van der Waals surface area contributed by atoms with E-state index < -0.39 is 0 Å². The van der Waals surface area contributed by atoms with Gasteiger partial charge in [0.25, 0.3) is 0 Å². The fourth-order valence-corrected chi connectivity index (χ4v) is 3.46. The number of carbonyl (C=O) groups excluding carboxylic acids is 1. The topological polar surface area (TPSA) is 85.8 Å². The highest BCUT2D eigenvalue weighted by Gasteiger charge is 2.16. The van der Waals surface area contributed by atoms with Crippen LogP contribution in [0.2, 0.25) is 20.1 Å². The van der Waals surface area contributed by atoms with Gasteiger partial charge in [0.2, 0.25) is 11.1 Å². The zero-order chi connectivity index (χ0) is 19.6. The lowest BCUT2D eigenvalue weighted by Gasteiger charge is -2.07. The van der Waals surface area contributed by atoms with Crippen molar-refractivity contribution in [2.75, 3.05) is 16.9 Å². The molecular weight excluding hydrogens is 452 g/mol. The largest absolute Gasteiger partial charge is 0.335 e. The van der Waals surface area contributed by atoms with Crippen molar-refractivity contribution >= 4 is 69.8 Å². The van der Waals surface area contributed by atoms with Crippen LogP contribution in [-0.2, 0) is 4.79 Å². The second-order valence-electron chi connectivity index (χ2n) is 5.27. The van der Waals surface area contributed by atoms with Crippen LogP contribution >= 0.6 is 58.2 Å². The smallest absolute Gasteiger partial charge is 0.234 e. The van der Waals surface area contributed by atoms with E-state index in [9.17, 15) is 4.79 Å². The lowest BCUT2D eigenvalue weighted by atomic mass is 10.2. The molecule has 11 heteroatoms. The van der Waals surface area contributed by atoms with Gasteiger partial charge in [0.1, 0.15) is 0 Å². The number of hydrogen-bond acceptors (Lipinski definition) is 5. The van der Waals surface area contributed by atoms with Crippen LogP contribution in [0.4, 0.5) is 5.69 Å². The van der Waals surface area contributed by atoms with Gasteiger partial charge < -0.3 is 11.2 Å². The number of carbonyl (C=O) groups is 1. The summed E-state index contributed by atoms with van der Waals surface area (Å²) in [5.74, 6) is 6.19.